The fraction of sp³-hybridized carbons (Fsp3) is 0.375. The molecule has 0 aromatic carbocycles. The van der Waals surface area contributed by atoms with E-state index in [0.29, 0.717) is 0 Å². The lowest BCUT2D eigenvalue weighted by atomic mass is 10.5. The van der Waals surface area contributed by atoms with Crippen LogP contribution in [-0.2, 0) is 47.7 Å². The minimum atomic E-state index is -0.906. The smallest absolute Gasteiger partial charge is 0.331 e. The van der Waals surface area contributed by atoms with Gasteiger partial charge in [0.05, 0.1) is 14.2 Å². The van der Waals surface area contributed by atoms with E-state index in [9.17, 15) is 28.8 Å². The van der Waals surface area contributed by atoms with Crippen molar-refractivity contribution >= 4 is 35.7 Å². The number of ether oxygens (including phenoxy) is 4. The Hall–Kier alpha value is -3.70. The highest BCUT2D eigenvalue weighted by Crippen LogP contribution is 1.85. The van der Waals surface area contributed by atoms with Crippen molar-refractivity contribution in [2.24, 2.45) is 0 Å². The van der Waals surface area contributed by atoms with Crippen LogP contribution in [0.25, 0.3) is 0 Å². The van der Waals surface area contributed by atoms with Gasteiger partial charge in [0.1, 0.15) is 0 Å². The number of nitrogens with one attached hydrogen (secondary N) is 2. The fourth-order valence-corrected chi connectivity index (χ4v) is 1.28. The molecule has 0 rings (SSSR count). The minimum absolute atomic E-state index is 0.0241. The molecule has 0 aromatic rings. The number of rotatable bonds is 11. The Balaban J connectivity index is 3.85. The van der Waals surface area contributed by atoms with Crippen molar-refractivity contribution < 1.29 is 47.7 Å². The molecule has 28 heavy (non-hydrogen) atoms. The average Bonchev–Trinajstić information content (AvgIpc) is 2.69. The summed E-state index contributed by atoms with van der Waals surface area (Å²) >= 11 is 0. The van der Waals surface area contributed by atoms with E-state index in [1.807, 2.05) is 0 Å². The van der Waals surface area contributed by atoms with Crippen molar-refractivity contribution in [2.75, 3.05) is 40.5 Å². The van der Waals surface area contributed by atoms with Gasteiger partial charge in [-0.15, -0.1) is 0 Å². The molecule has 0 bridgehead atoms. The first-order valence-electron chi connectivity index (χ1n) is 7.67. The summed E-state index contributed by atoms with van der Waals surface area (Å²) < 4.78 is 17.7. The van der Waals surface area contributed by atoms with Crippen molar-refractivity contribution in [3.8, 4) is 0 Å². The maximum Gasteiger partial charge on any atom is 0.331 e. The fourth-order valence-electron chi connectivity index (χ4n) is 1.28. The second-order valence-electron chi connectivity index (χ2n) is 4.63. The van der Waals surface area contributed by atoms with Crippen molar-refractivity contribution in [1.29, 1.82) is 0 Å². The van der Waals surface area contributed by atoms with E-state index in [1.165, 1.54) is 0 Å². The Kier molecular flexibility index (Phi) is 12.6. The first kappa shape index (κ1) is 24.3. The van der Waals surface area contributed by atoms with Gasteiger partial charge in [-0.2, -0.15) is 0 Å². The van der Waals surface area contributed by atoms with Crippen LogP contribution in [0.4, 0.5) is 0 Å². The van der Waals surface area contributed by atoms with Crippen molar-refractivity contribution in [1.82, 2.24) is 10.6 Å². The molecular formula is C16H20N2O10. The molecule has 0 saturated carbocycles. The highest BCUT2D eigenvalue weighted by Gasteiger charge is 2.07. The molecule has 12 nitrogen and oxygen atoms in total. The number of methoxy groups -OCH3 is 2. The Morgan fingerprint density at radius 2 is 0.929 bits per heavy atom. The maximum atomic E-state index is 11.4. The molecule has 0 heterocycles. The lowest BCUT2D eigenvalue weighted by molar-refractivity contribution is -0.144. The second kappa shape index (κ2) is 14.5. The first-order chi connectivity index (χ1) is 13.3. The van der Waals surface area contributed by atoms with Gasteiger partial charge in [-0.05, 0) is 0 Å². The number of hydrogen-bond acceptors (Lipinski definition) is 10. The molecule has 0 aliphatic rings. The van der Waals surface area contributed by atoms with E-state index in [0.717, 1.165) is 38.5 Å². The number of carbonyl (C=O) groups excluding carboxylic acids is 6. The highest BCUT2D eigenvalue weighted by molar-refractivity contribution is 5.93. The van der Waals surface area contributed by atoms with E-state index in [2.05, 4.69) is 29.6 Å². The van der Waals surface area contributed by atoms with Gasteiger partial charge >= 0.3 is 23.9 Å². The molecule has 0 radical (unpaired) electrons. The summed E-state index contributed by atoms with van der Waals surface area (Å²) in [7, 11) is 2.27. The van der Waals surface area contributed by atoms with E-state index < -0.39 is 48.9 Å². The van der Waals surface area contributed by atoms with Gasteiger partial charge in [-0.1, -0.05) is 0 Å². The number of carbonyl (C=O) groups is 6. The van der Waals surface area contributed by atoms with Gasteiger partial charge in [0.2, 0.25) is 0 Å². The van der Waals surface area contributed by atoms with E-state index in [1.54, 1.807) is 0 Å². The molecule has 2 N–H and O–H groups in total. The molecule has 0 atom stereocenters. The largest absolute Gasteiger partial charge is 0.466 e. The monoisotopic (exact) mass is 400 g/mol. The average molecular weight is 400 g/mol. The lowest BCUT2D eigenvalue weighted by Crippen LogP contribution is -2.38. The normalized spacial score (nSPS) is 10.2. The van der Waals surface area contributed by atoms with Gasteiger partial charge in [0.25, 0.3) is 11.8 Å². The molecule has 0 aliphatic carbocycles. The molecule has 0 aliphatic heterocycles. The van der Waals surface area contributed by atoms with Crippen LogP contribution in [0.5, 0.6) is 0 Å². The van der Waals surface area contributed by atoms with E-state index >= 15 is 0 Å². The topological polar surface area (TPSA) is 163 Å². The summed E-state index contributed by atoms with van der Waals surface area (Å²) in [5.41, 5.74) is 0. The molecule has 0 saturated heterocycles. The van der Waals surface area contributed by atoms with Crippen LogP contribution < -0.4 is 10.6 Å². The van der Waals surface area contributed by atoms with Gasteiger partial charge in [0.15, 0.2) is 13.2 Å². The van der Waals surface area contributed by atoms with Crippen LogP contribution in [0.3, 0.4) is 0 Å². The molecule has 2 amide bonds. The van der Waals surface area contributed by atoms with Gasteiger partial charge in [-0.3, -0.25) is 9.59 Å². The summed E-state index contributed by atoms with van der Waals surface area (Å²) in [6.07, 6.45) is 3.30. The van der Waals surface area contributed by atoms with Crippen LogP contribution in [-0.4, -0.2) is 76.2 Å². The predicted molar refractivity (Wildman–Crippen MR) is 90.2 cm³/mol. The Bertz CT molecular complexity index is 598. The van der Waals surface area contributed by atoms with Crippen molar-refractivity contribution in [3.05, 3.63) is 24.3 Å². The third-order valence-corrected chi connectivity index (χ3v) is 2.57. The first-order valence-corrected chi connectivity index (χ1v) is 7.67. The summed E-state index contributed by atoms with van der Waals surface area (Å²) in [6, 6.07) is 0. The van der Waals surface area contributed by atoms with E-state index in [4.69, 9.17) is 0 Å². The van der Waals surface area contributed by atoms with Gasteiger partial charge < -0.3 is 29.6 Å². The highest BCUT2D eigenvalue weighted by atomic mass is 16.5. The van der Waals surface area contributed by atoms with Gasteiger partial charge in [0, 0.05) is 37.4 Å². The summed E-state index contributed by atoms with van der Waals surface area (Å²) in [5, 5.41) is 4.71. The SMILES string of the molecule is COC(=O)C=CC(=O)OCC(=O)NCCNC(=O)COC(=O)C=CC(=O)OC. The quantitative estimate of drug-likeness (QED) is 0.168. The number of amides is 2. The van der Waals surface area contributed by atoms with Crippen molar-refractivity contribution in [3.63, 3.8) is 0 Å². The van der Waals surface area contributed by atoms with Crippen LogP contribution in [0.2, 0.25) is 0 Å². The molecular weight excluding hydrogens is 380 g/mol. The second-order valence-corrected chi connectivity index (χ2v) is 4.63. The maximum absolute atomic E-state index is 11.4. The zero-order valence-corrected chi connectivity index (χ0v) is 15.2. The van der Waals surface area contributed by atoms with Crippen LogP contribution in [0.15, 0.2) is 24.3 Å². The van der Waals surface area contributed by atoms with Gasteiger partial charge in [-0.25, -0.2) is 19.2 Å². The Labute approximate surface area is 159 Å². The zero-order chi connectivity index (χ0) is 21.4. The molecule has 12 heteroatoms. The molecule has 0 fully saturated rings. The van der Waals surface area contributed by atoms with E-state index in [-0.39, 0.29) is 13.1 Å². The molecule has 0 unspecified atom stereocenters. The predicted octanol–water partition coefficient (Wildman–Crippen LogP) is -2.24. The molecule has 0 aromatic heterocycles. The molecule has 154 valence electrons. The summed E-state index contributed by atoms with van der Waals surface area (Å²) in [4.78, 5) is 66.7. The Morgan fingerprint density at radius 3 is 1.25 bits per heavy atom. The number of hydrogen-bond donors (Lipinski definition) is 2. The van der Waals surface area contributed by atoms with Crippen LogP contribution >= 0.6 is 0 Å². The lowest BCUT2D eigenvalue weighted by Gasteiger charge is -2.07. The number of esters is 4. The Morgan fingerprint density at radius 1 is 0.607 bits per heavy atom. The summed E-state index contributed by atoms with van der Waals surface area (Å²) in [6.45, 7) is -1.11. The third-order valence-electron chi connectivity index (χ3n) is 2.57. The van der Waals surface area contributed by atoms with Crippen LogP contribution in [0, 0.1) is 0 Å². The summed E-state index contributed by atoms with van der Waals surface area (Å²) in [5.74, 6) is -4.57. The van der Waals surface area contributed by atoms with Crippen LogP contribution in [0.1, 0.15) is 0 Å². The zero-order valence-electron chi connectivity index (χ0n) is 15.2. The molecule has 0 spiro atoms. The third kappa shape index (κ3) is 13.6. The standard InChI is InChI=1S/C16H20N2O10/c1-25-13(21)3-5-15(23)27-9-11(19)17-7-8-18-12(20)10-28-16(24)6-4-14(22)26-2/h3-6H,7-10H2,1-2H3,(H,17,19)(H,18,20). The van der Waals surface area contributed by atoms with Crippen molar-refractivity contribution in [2.45, 2.75) is 0 Å². The minimum Gasteiger partial charge on any atom is -0.466 e.